The van der Waals surface area contributed by atoms with E-state index >= 15 is 0 Å². The van der Waals surface area contributed by atoms with Gasteiger partial charge in [0.2, 0.25) is 5.91 Å². The summed E-state index contributed by atoms with van der Waals surface area (Å²) in [6.45, 7) is 0.445. The Labute approximate surface area is 233 Å². The third-order valence-corrected chi connectivity index (χ3v) is 6.99. The van der Waals surface area contributed by atoms with Gasteiger partial charge in [0.25, 0.3) is 0 Å². The number of guanidine groups is 1. The van der Waals surface area contributed by atoms with E-state index in [0.29, 0.717) is 18.7 Å². The molecule has 212 valence electrons. The summed E-state index contributed by atoms with van der Waals surface area (Å²) in [5, 5.41) is 22.6. The zero-order chi connectivity index (χ0) is 29.3. The first kappa shape index (κ1) is 30.2. The Morgan fingerprint density at radius 1 is 1.12 bits per heavy atom. The number of carboxylic acid groups (broad SMARTS) is 1. The molecule has 0 spiro atoms. The summed E-state index contributed by atoms with van der Waals surface area (Å²) in [7, 11) is 1.59. The molecule has 8 N–H and O–H groups in total. The Bertz CT molecular complexity index is 1270. The molecule has 1 aliphatic heterocycles. The lowest BCUT2D eigenvalue weighted by Gasteiger charge is -2.33. The summed E-state index contributed by atoms with van der Waals surface area (Å²) in [6, 6.07) is 16.2. The standard InChI is InChI=1S/C29H36N6O5/c1-33-23(13-8-15-34-28(30)31)26(39)29(32,25(38)19-9-4-2-5-10-19)21-14-16-35(22-11-6-3-7-12-22)27(40)20(17-21)18-24(36)37/h2-7,9-12,17,20,23,33H,8,13-16,18,32H2,1H3,(H,36,37)(H4,30,31,34). The summed E-state index contributed by atoms with van der Waals surface area (Å²) in [5.74, 6) is -4.21. The second-order valence-electron chi connectivity index (χ2n) is 9.66. The molecule has 2 aromatic carbocycles. The first-order valence-electron chi connectivity index (χ1n) is 13.1. The maximum atomic E-state index is 14.2. The largest absolute Gasteiger partial charge is 0.481 e. The minimum atomic E-state index is -2.16. The van der Waals surface area contributed by atoms with Crippen LogP contribution in [-0.4, -0.2) is 66.2 Å². The van der Waals surface area contributed by atoms with Crippen LogP contribution in [0.1, 0.15) is 36.0 Å². The van der Waals surface area contributed by atoms with Crippen LogP contribution in [0.2, 0.25) is 0 Å². The molecule has 0 bridgehead atoms. The highest BCUT2D eigenvalue weighted by atomic mass is 16.4. The van der Waals surface area contributed by atoms with Gasteiger partial charge in [0, 0.05) is 24.3 Å². The number of aliphatic carboxylic acids is 1. The van der Waals surface area contributed by atoms with E-state index in [2.05, 4.69) is 10.6 Å². The molecule has 1 heterocycles. The van der Waals surface area contributed by atoms with E-state index in [4.69, 9.17) is 16.9 Å². The molecule has 0 aromatic heterocycles. The van der Waals surface area contributed by atoms with E-state index in [-0.39, 0.29) is 36.5 Å². The molecule has 2 aromatic rings. The van der Waals surface area contributed by atoms with E-state index in [0.717, 1.165) is 0 Å². The van der Waals surface area contributed by atoms with Crippen LogP contribution in [-0.2, 0) is 14.4 Å². The third kappa shape index (κ3) is 6.99. The molecule has 1 aliphatic rings. The number of benzene rings is 2. The van der Waals surface area contributed by atoms with Crippen molar-refractivity contribution >= 4 is 35.1 Å². The first-order valence-corrected chi connectivity index (χ1v) is 13.1. The van der Waals surface area contributed by atoms with Crippen molar-refractivity contribution in [3.8, 4) is 0 Å². The Hall–Kier alpha value is -4.35. The van der Waals surface area contributed by atoms with E-state index in [1.807, 2.05) is 0 Å². The smallest absolute Gasteiger partial charge is 0.304 e. The van der Waals surface area contributed by atoms with Crippen LogP contribution in [0.4, 0.5) is 5.69 Å². The zero-order valence-corrected chi connectivity index (χ0v) is 22.4. The van der Waals surface area contributed by atoms with Gasteiger partial charge in [-0.2, -0.15) is 0 Å². The lowest BCUT2D eigenvalue weighted by Crippen LogP contribution is -2.62. The van der Waals surface area contributed by atoms with Gasteiger partial charge in [0.05, 0.1) is 18.4 Å². The Kier molecular flexibility index (Phi) is 10.3. The molecule has 3 unspecified atom stereocenters. The van der Waals surface area contributed by atoms with Crippen molar-refractivity contribution in [3.63, 3.8) is 0 Å². The van der Waals surface area contributed by atoms with Crippen LogP contribution in [0, 0.1) is 11.3 Å². The molecule has 0 saturated carbocycles. The average Bonchev–Trinajstić information content (AvgIpc) is 3.11. The molecule has 0 saturated heterocycles. The monoisotopic (exact) mass is 548 g/mol. The predicted molar refractivity (Wildman–Crippen MR) is 152 cm³/mol. The molecule has 3 atom stereocenters. The fourth-order valence-electron chi connectivity index (χ4n) is 4.91. The molecule has 11 nitrogen and oxygen atoms in total. The van der Waals surface area contributed by atoms with E-state index in [1.54, 1.807) is 67.7 Å². The number of Topliss-reactive ketones (excluding diaryl/α,β-unsaturated/α-hetero) is 2. The zero-order valence-electron chi connectivity index (χ0n) is 22.4. The summed E-state index contributed by atoms with van der Waals surface area (Å²) < 4.78 is 0. The molecular formula is C29H36N6O5. The van der Waals surface area contributed by atoms with Crippen molar-refractivity contribution in [1.29, 1.82) is 5.41 Å². The van der Waals surface area contributed by atoms with Gasteiger partial charge in [-0.1, -0.05) is 54.6 Å². The minimum Gasteiger partial charge on any atom is -0.481 e. The number of para-hydroxylation sites is 1. The molecular weight excluding hydrogens is 512 g/mol. The fourth-order valence-corrected chi connectivity index (χ4v) is 4.91. The Balaban J connectivity index is 2.07. The number of hydrogen-bond donors (Lipinski definition) is 6. The van der Waals surface area contributed by atoms with Crippen LogP contribution in [0.3, 0.4) is 0 Å². The number of nitrogens with two attached hydrogens (primary N) is 2. The van der Waals surface area contributed by atoms with Gasteiger partial charge in [-0.05, 0) is 44.0 Å². The number of anilines is 1. The number of rotatable bonds is 13. The number of amides is 1. The molecule has 0 radical (unpaired) electrons. The minimum absolute atomic E-state index is 0.0832. The quantitative estimate of drug-likeness (QED) is 0.0537. The summed E-state index contributed by atoms with van der Waals surface area (Å²) in [4.78, 5) is 55.0. The second kappa shape index (κ2) is 13.6. The maximum absolute atomic E-state index is 14.2. The van der Waals surface area contributed by atoms with Gasteiger partial charge in [-0.15, -0.1) is 0 Å². The highest BCUT2D eigenvalue weighted by Crippen LogP contribution is 2.32. The van der Waals surface area contributed by atoms with Crippen molar-refractivity contribution in [2.24, 2.45) is 17.4 Å². The van der Waals surface area contributed by atoms with Gasteiger partial charge in [0.1, 0.15) is 0 Å². The number of nitrogens with zero attached hydrogens (tertiary/aromatic N) is 1. The summed E-state index contributed by atoms with van der Waals surface area (Å²) in [6.07, 6.45) is 1.70. The van der Waals surface area contributed by atoms with Crippen LogP contribution in [0.25, 0.3) is 0 Å². The van der Waals surface area contributed by atoms with Gasteiger partial charge >= 0.3 is 5.97 Å². The number of carboxylic acids is 1. The Morgan fingerprint density at radius 3 is 2.33 bits per heavy atom. The third-order valence-electron chi connectivity index (χ3n) is 6.99. The molecule has 0 aliphatic carbocycles. The number of likely N-dealkylation sites (N-methyl/N-ethyl adjacent to an activating group) is 1. The number of carbonyl (C=O) groups excluding carboxylic acids is 3. The van der Waals surface area contributed by atoms with Crippen LogP contribution >= 0.6 is 0 Å². The lowest BCUT2D eigenvalue weighted by atomic mass is 9.74. The van der Waals surface area contributed by atoms with Gasteiger partial charge < -0.3 is 32.1 Å². The number of carbonyl (C=O) groups is 4. The van der Waals surface area contributed by atoms with Gasteiger partial charge in [-0.3, -0.25) is 24.6 Å². The van der Waals surface area contributed by atoms with Crippen LogP contribution in [0.15, 0.2) is 72.3 Å². The van der Waals surface area contributed by atoms with Gasteiger partial charge in [0.15, 0.2) is 23.1 Å². The maximum Gasteiger partial charge on any atom is 0.304 e. The Morgan fingerprint density at radius 2 is 1.75 bits per heavy atom. The fraction of sp³-hybridized carbons (Fsp3) is 0.345. The molecule has 0 fully saturated rings. The molecule has 11 heteroatoms. The van der Waals surface area contributed by atoms with E-state index < -0.39 is 47.4 Å². The summed E-state index contributed by atoms with van der Waals surface area (Å²) >= 11 is 0. The first-order chi connectivity index (χ1) is 19.1. The number of nitrogens with one attached hydrogen (secondary N) is 3. The van der Waals surface area contributed by atoms with Crippen molar-refractivity contribution in [3.05, 3.63) is 77.9 Å². The average molecular weight is 549 g/mol. The van der Waals surface area contributed by atoms with E-state index in [9.17, 15) is 24.3 Å². The van der Waals surface area contributed by atoms with Crippen molar-refractivity contribution in [2.45, 2.75) is 37.3 Å². The second-order valence-corrected chi connectivity index (χ2v) is 9.66. The van der Waals surface area contributed by atoms with Crippen LogP contribution < -0.4 is 27.0 Å². The van der Waals surface area contributed by atoms with Gasteiger partial charge in [-0.25, -0.2) is 0 Å². The van der Waals surface area contributed by atoms with E-state index in [1.165, 1.54) is 11.0 Å². The van der Waals surface area contributed by atoms with Crippen molar-refractivity contribution < 1.29 is 24.3 Å². The summed E-state index contributed by atoms with van der Waals surface area (Å²) in [5.41, 5.74) is 11.0. The highest BCUT2D eigenvalue weighted by Gasteiger charge is 2.49. The number of hydrogen-bond acceptors (Lipinski definition) is 7. The van der Waals surface area contributed by atoms with Crippen LogP contribution in [0.5, 0.6) is 0 Å². The lowest BCUT2D eigenvalue weighted by molar-refractivity contribution is -0.139. The predicted octanol–water partition coefficient (Wildman–Crippen LogP) is 1.44. The normalized spacial score (nSPS) is 17.6. The molecule has 40 heavy (non-hydrogen) atoms. The highest BCUT2D eigenvalue weighted by molar-refractivity contribution is 6.22. The SMILES string of the molecule is CNC(CCCNC(=N)N)C(=O)C(N)(C(=O)c1ccccc1)C1=CC(CC(=O)O)C(=O)N(c2ccccc2)CC1. The molecule has 1 amide bonds. The molecule has 3 rings (SSSR count). The van der Waals surface area contributed by atoms with Crippen molar-refractivity contribution in [2.75, 3.05) is 25.0 Å². The number of ketones is 2. The van der Waals surface area contributed by atoms with Crippen molar-refractivity contribution in [1.82, 2.24) is 10.6 Å². The topological polar surface area (TPSA) is 192 Å².